The molecule has 0 fully saturated rings. The third-order valence-corrected chi connectivity index (χ3v) is 3.31. The van der Waals surface area contributed by atoms with E-state index in [2.05, 4.69) is 0 Å². The molecule has 0 unspecified atom stereocenters. The van der Waals surface area contributed by atoms with Crippen LogP contribution in [-0.4, -0.2) is 19.4 Å². The van der Waals surface area contributed by atoms with Gasteiger partial charge < -0.3 is 4.43 Å². The number of thioether (sulfide) groups is 1. The van der Waals surface area contributed by atoms with Crippen molar-refractivity contribution in [2.45, 2.75) is 31.5 Å². The molecule has 3 nitrogen and oxygen atoms in total. The molecule has 0 atom stereocenters. The van der Waals surface area contributed by atoms with Crippen LogP contribution in [0.5, 0.6) is 0 Å². The van der Waals surface area contributed by atoms with Crippen LogP contribution in [0.15, 0.2) is 29.2 Å². The van der Waals surface area contributed by atoms with E-state index in [1.807, 2.05) is 19.6 Å². The molecule has 0 amide bonds. The van der Waals surface area contributed by atoms with Crippen molar-refractivity contribution in [1.29, 1.82) is 0 Å². The van der Waals surface area contributed by atoms with Gasteiger partial charge in [-0.05, 0) is 37.8 Å². The first-order chi connectivity index (χ1) is 7.78. The van der Waals surface area contributed by atoms with Crippen LogP contribution in [0.25, 0.3) is 0 Å². The lowest BCUT2D eigenvalue weighted by Crippen LogP contribution is -2.29. The first-order valence-corrected chi connectivity index (χ1v) is 9.52. The summed E-state index contributed by atoms with van der Waals surface area (Å²) in [7, 11) is -1.88. The second-order valence-corrected chi connectivity index (χ2v) is 10.3. The summed E-state index contributed by atoms with van der Waals surface area (Å²) in [6.45, 7) is 7.37. The van der Waals surface area contributed by atoms with E-state index in [4.69, 9.17) is 4.43 Å². The minimum absolute atomic E-state index is 0.000661. The van der Waals surface area contributed by atoms with Crippen molar-refractivity contribution in [3.63, 3.8) is 0 Å². The molecule has 0 bridgehead atoms. The fourth-order valence-corrected chi connectivity index (χ4v) is 2.53. The molecule has 0 saturated carbocycles. The Labute approximate surface area is 107 Å². The van der Waals surface area contributed by atoms with Gasteiger partial charge in [0.1, 0.15) is 0 Å². The molecule has 0 aromatic heterocycles. The topological polar surface area (TPSA) is 43.4 Å². The Hall–Kier alpha value is -1.07. The van der Waals surface area contributed by atoms with Gasteiger partial charge in [0, 0.05) is 11.8 Å². The van der Waals surface area contributed by atoms with Crippen molar-refractivity contribution in [3.8, 4) is 0 Å². The molecule has 0 aliphatic carbocycles. The predicted octanol–water partition coefficient (Wildman–Crippen LogP) is 3.32. The molecular weight excluding hydrogens is 252 g/mol. The van der Waals surface area contributed by atoms with Crippen LogP contribution in [0.4, 0.5) is 0 Å². The van der Waals surface area contributed by atoms with Gasteiger partial charge in [0.05, 0.1) is 5.56 Å². The lowest BCUT2D eigenvalue weighted by atomic mass is 10.2. The maximum Gasteiger partial charge on any atom is 0.324 e. The molecule has 0 radical (unpaired) electrons. The van der Waals surface area contributed by atoms with Crippen molar-refractivity contribution in [2.24, 2.45) is 0 Å². The highest BCUT2D eigenvalue weighted by Gasteiger charge is 2.21. The number of hydrogen-bond donors (Lipinski definition) is 0. The third kappa shape index (κ3) is 5.19. The van der Waals surface area contributed by atoms with Crippen LogP contribution in [0, 0.1) is 0 Å². The van der Waals surface area contributed by atoms with E-state index in [9.17, 15) is 9.59 Å². The molecule has 0 spiro atoms. The molecule has 0 N–H and O–H groups in total. The molecule has 1 aromatic rings. The summed E-state index contributed by atoms with van der Waals surface area (Å²) < 4.78 is 5.39. The Balaban J connectivity index is 2.84. The van der Waals surface area contributed by atoms with Gasteiger partial charge in [-0.15, -0.1) is 0 Å². The largest absolute Gasteiger partial charge is 0.516 e. The standard InChI is InChI=1S/C12H16O3SSi/c1-9(13)16-11-7-5-6-10(8-11)12(14)15-17(2,3)4/h5-8H,1-4H3. The Bertz CT molecular complexity index is 438. The number of carbonyl (C=O) groups excluding carboxylic acids is 2. The van der Waals surface area contributed by atoms with Crippen molar-refractivity contribution in [2.75, 3.05) is 0 Å². The first-order valence-electron chi connectivity index (χ1n) is 5.30. The average Bonchev–Trinajstić information content (AvgIpc) is 2.14. The van der Waals surface area contributed by atoms with Crippen LogP contribution >= 0.6 is 11.8 Å². The van der Waals surface area contributed by atoms with E-state index in [0.717, 1.165) is 16.7 Å². The fourth-order valence-electron chi connectivity index (χ4n) is 1.19. The molecule has 0 saturated heterocycles. The van der Waals surface area contributed by atoms with Crippen molar-refractivity contribution < 1.29 is 14.0 Å². The van der Waals surface area contributed by atoms with Gasteiger partial charge in [-0.1, -0.05) is 17.8 Å². The maximum absolute atomic E-state index is 11.8. The summed E-state index contributed by atoms with van der Waals surface area (Å²) in [5, 5.41) is 0.000661. The van der Waals surface area contributed by atoms with Gasteiger partial charge in [0.15, 0.2) is 5.12 Å². The number of carbonyl (C=O) groups is 2. The molecule has 1 aromatic carbocycles. The van der Waals surface area contributed by atoms with Crippen LogP contribution in [-0.2, 0) is 9.22 Å². The summed E-state index contributed by atoms with van der Waals surface area (Å²) in [4.78, 5) is 23.6. The quantitative estimate of drug-likeness (QED) is 0.623. The highest BCUT2D eigenvalue weighted by Crippen LogP contribution is 2.20. The summed E-state index contributed by atoms with van der Waals surface area (Å²) in [5.41, 5.74) is 0.499. The van der Waals surface area contributed by atoms with Crippen LogP contribution in [0.3, 0.4) is 0 Å². The van der Waals surface area contributed by atoms with Crippen LogP contribution in [0.1, 0.15) is 17.3 Å². The normalized spacial score (nSPS) is 11.1. The number of hydrogen-bond acceptors (Lipinski definition) is 4. The van der Waals surface area contributed by atoms with E-state index in [0.29, 0.717) is 5.56 Å². The lowest BCUT2D eigenvalue weighted by molar-refractivity contribution is -0.109. The minimum atomic E-state index is -1.88. The minimum Gasteiger partial charge on any atom is -0.516 e. The summed E-state index contributed by atoms with van der Waals surface area (Å²) in [5.74, 6) is -0.310. The Morgan fingerprint density at radius 1 is 1.24 bits per heavy atom. The Morgan fingerprint density at radius 2 is 1.88 bits per heavy atom. The van der Waals surface area contributed by atoms with Crippen molar-refractivity contribution in [1.82, 2.24) is 0 Å². The zero-order chi connectivity index (χ0) is 13.1. The van der Waals surface area contributed by atoms with Gasteiger partial charge in [0.25, 0.3) is 0 Å². The molecule has 5 heteroatoms. The van der Waals surface area contributed by atoms with Gasteiger partial charge >= 0.3 is 5.97 Å². The summed E-state index contributed by atoms with van der Waals surface area (Å²) in [6.07, 6.45) is 0. The van der Waals surface area contributed by atoms with Crippen molar-refractivity contribution in [3.05, 3.63) is 29.8 Å². The number of benzene rings is 1. The van der Waals surface area contributed by atoms with Gasteiger partial charge in [-0.2, -0.15) is 0 Å². The zero-order valence-electron chi connectivity index (χ0n) is 10.4. The predicted molar refractivity (Wildman–Crippen MR) is 71.7 cm³/mol. The van der Waals surface area contributed by atoms with Crippen LogP contribution in [0.2, 0.25) is 19.6 Å². The van der Waals surface area contributed by atoms with E-state index in [1.54, 1.807) is 24.3 Å². The maximum atomic E-state index is 11.8. The summed E-state index contributed by atoms with van der Waals surface area (Å²) >= 11 is 1.11. The number of rotatable bonds is 3. The lowest BCUT2D eigenvalue weighted by Gasteiger charge is -2.17. The van der Waals surface area contributed by atoms with E-state index >= 15 is 0 Å². The smallest absolute Gasteiger partial charge is 0.324 e. The molecule has 17 heavy (non-hydrogen) atoms. The van der Waals surface area contributed by atoms with E-state index in [-0.39, 0.29) is 11.1 Å². The molecule has 0 aliphatic heterocycles. The molecule has 0 heterocycles. The molecule has 0 aliphatic rings. The SMILES string of the molecule is CC(=O)Sc1cccc(C(=O)O[Si](C)(C)C)c1. The van der Waals surface area contributed by atoms with E-state index < -0.39 is 8.32 Å². The Morgan fingerprint density at radius 3 is 2.41 bits per heavy atom. The third-order valence-electron chi connectivity index (χ3n) is 1.73. The summed E-state index contributed by atoms with van der Waals surface area (Å²) in [6, 6.07) is 6.95. The highest BCUT2D eigenvalue weighted by atomic mass is 32.2. The molecule has 1 rings (SSSR count). The van der Waals surface area contributed by atoms with Crippen molar-refractivity contribution >= 4 is 31.2 Å². The van der Waals surface area contributed by atoms with Gasteiger partial charge in [-0.25, -0.2) is 4.79 Å². The second kappa shape index (κ2) is 5.51. The molecule has 92 valence electrons. The fraction of sp³-hybridized carbons (Fsp3) is 0.333. The highest BCUT2D eigenvalue weighted by molar-refractivity contribution is 8.13. The molecular formula is C12H16O3SSi. The first kappa shape index (κ1) is 14.0. The average molecular weight is 268 g/mol. The van der Waals surface area contributed by atoms with Gasteiger partial charge in [-0.3, -0.25) is 4.79 Å². The second-order valence-electron chi connectivity index (χ2n) is 4.62. The van der Waals surface area contributed by atoms with E-state index in [1.165, 1.54) is 6.92 Å². The zero-order valence-corrected chi connectivity index (χ0v) is 12.3. The monoisotopic (exact) mass is 268 g/mol. The van der Waals surface area contributed by atoms with Gasteiger partial charge in [0.2, 0.25) is 8.32 Å². The van der Waals surface area contributed by atoms with Crippen LogP contribution < -0.4 is 0 Å². The Kier molecular flexibility index (Phi) is 4.53.